The highest BCUT2D eigenvalue weighted by Crippen LogP contribution is 2.28. The van der Waals surface area contributed by atoms with Crippen molar-refractivity contribution >= 4 is 27.6 Å². The van der Waals surface area contributed by atoms with Gasteiger partial charge in [-0.05, 0) is 43.2 Å². The number of carbonyl (C=O) groups is 2. The molecule has 0 bridgehead atoms. The highest BCUT2D eigenvalue weighted by molar-refractivity contribution is 7.89. The average molecular weight is 495 g/mol. The smallest absolute Gasteiger partial charge is 0.338 e. The molecular weight excluding hydrogens is 464 g/mol. The normalized spacial score (nSPS) is 12.3. The minimum absolute atomic E-state index is 0.0459. The second-order valence-electron chi connectivity index (χ2n) is 8.02. The van der Waals surface area contributed by atoms with Gasteiger partial charge in [0.05, 0.1) is 10.5 Å². The minimum Gasteiger partial charge on any atom is -0.449 e. The van der Waals surface area contributed by atoms with Crippen LogP contribution in [0.15, 0.2) is 77.7 Å². The van der Waals surface area contributed by atoms with Crippen LogP contribution >= 0.6 is 0 Å². The zero-order valence-corrected chi connectivity index (χ0v) is 21.1. The van der Waals surface area contributed by atoms with Crippen LogP contribution in [0.4, 0.5) is 5.69 Å². The van der Waals surface area contributed by atoms with Crippen LogP contribution in [0.2, 0.25) is 0 Å². The molecule has 0 saturated carbocycles. The average Bonchev–Trinajstić information content (AvgIpc) is 2.85. The summed E-state index contributed by atoms with van der Waals surface area (Å²) >= 11 is 0. The third-order valence-corrected chi connectivity index (χ3v) is 7.86. The third-order valence-electron chi connectivity index (χ3n) is 5.67. The maximum atomic E-state index is 13.0. The fourth-order valence-corrected chi connectivity index (χ4v) is 5.39. The minimum atomic E-state index is -3.76. The lowest BCUT2D eigenvalue weighted by Gasteiger charge is -2.20. The first-order valence-corrected chi connectivity index (χ1v) is 12.9. The third kappa shape index (κ3) is 5.96. The van der Waals surface area contributed by atoms with Crippen molar-refractivity contribution in [2.75, 3.05) is 18.4 Å². The molecule has 0 aliphatic heterocycles. The summed E-state index contributed by atoms with van der Waals surface area (Å²) in [5.41, 5.74) is 2.95. The zero-order chi connectivity index (χ0) is 25.6. The summed E-state index contributed by atoms with van der Waals surface area (Å²) in [4.78, 5) is 25.7. The fraction of sp³-hybridized carbons (Fsp3) is 0.259. The molecule has 7 nitrogen and oxygen atoms in total. The van der Waals surface area contributed by atoms with E-state index in [4.69, 9.17) is 4.74 Å². The van der Waals surface area contributed by atoms with E-state index in [1.807, 2.05) is 48.5 Å². The van der Waals surface area contributed by atoms with Crippen LogP contribution in [-0.2, 0) is 19.6 Å². The number of amides is 1. The van der Waals surface area contributed by atoms with Crippen molar-refractivity contribution in [2.24, 2.45) is 0 Å². The number of aryl methyl sites for hydroxylation is 1. The molecular formula is C27H30N2O5S. The molecule has 0 fully saturated rings. The maximum Gasteiger partial charge on any atom is 0.338 e. The molecule has 0 saturated heterocycles. The Morgan fingerprint density at radius 3 is 2.23 bits per heavy atom. The molecule has 1 atom stereocenters. The monoisotopic (exact) mass is 494 g/mol. The Morgan fingerprint density at radius 1 is 0.943 bits per heavy atom. The van der Waals surface area contributed by atoms with Crippen molar-refractivity contribution in [3.63, 3.8) is 0 Å². The number of hydrogen-bond acceptors (Lipinski definition) is 5. The van der Waals surface area contributed by atoms with Gasteiger partial charge in [0.2, 0.25) is 10.0 Å². The SMILES string of the molecule is CCN(CC)S(=O)(=O)c1cc(C(=O)O[C@@H](C)C(=O)Nc2ccccc2-c2ccccc2)ccc1C. The molecule has 3 aromatic carbocycles. The van der Waals surface area contributed by atoms with E-state index in [9.17, 15) is 18.0 Å². The lowest BCUT2D eigenvalue weighted by atomic mass is 10.0. The van der Waals surface area contributed by atoms with E-state index in [0.29, 0.717) is 24.3 Å². The molecule has 0 heterocycles. The number of nitrogens with one attached hydrogen (secondary N) is 1. The van der Waals surface area contributed by atoms with E-state index in [1.54, 1.807) is 32.9 Å². The van der Waals surface area contributed by atoms with Gasteiger partial charge in [-0.25, -0.2) is 13.2 Å². The number of ether oxygens (including phenoxy) is 1. The van der Waals surface area contributed by atoms with E-state index >= 15 is 0 Å². The molecule has 35 heavy (non-hydrogen) atoms. The standard InChI is InChI=1S/C27H30N2O5S/c1-5-29(6-2)35(32,33)25-18-22(17-16-19(25)3)27(31)34-20(4)26(30)28-24-15-11-10-14-23(24)21-12-8-7-9-13-21/h7-18,20H,5-6H2,1-4H3,(H,28,30)/t20-/m0/s1. The molecule has 8 heteroatoms. The zero-order valence-electron chi connectivity index (χ0n) is 20.3. The quantitative estimate of drug-likeness (QED) is 0.428. The van der Waals surface area contributed by atoms with E-state index in [1.165, 1.54) is 23.4 Å². The van der Waals surface area contributed by atoms with Crippen molar-refractivity contribution < 1.29 is 22.7 Å². The van der Waals surface area contributed by atoms with Crippen LogP contribution in [0.5, 0.6) is 0 Å². The van der Waals surface area contributed by atoms with Gasteiger partial charge in [-0.2, -0.15) is 4.31 Å². The summed E-state index contributed by atoms with van der Waals surface area (Å²) in [5.74, 6) is -1.27. The topological polar surface area (TPSA) is 92.8 Å². The van der Waals surface area contributed by atoms with Gasteiger partial charge in [0.25, 0.3) is 5.91 Å². The predicted molar refractivity (Wildman–Crippen MR) is 137 cm³/mol. The first kappa shape index (κ1) is 26.1. The van der Waals surface area contributed by atoms with Crippen molar-refractivity contribution in [3.8, 4) is 11.1 Å². The molecule has 3 aromatic rings. The van der Waals surface area contributed by atoms with Gasteiger partial charge in [-0.1, -0.05) is 68.4 Å². The second kappa shape index (κ2) is 11.3. The number of esters is 1. The van der Waals surface area contributed by atoms with E-state index < -0.39 is 28.0 Å². The highest BCUT2D eigenvalue weighted by Gasteiger charge is 2.26. The Labute approximate surface area is 206 Å². The first-order chi connectivity index (χ1) is 16.7. The number of rotatable bonds is 9. The van der Waals surface area contributed by atoms with Gasteiger partial charge in [0.15, 0.2) is 6.10 Å². The van der Waals surface area contributed by atoms with Crippen molar-refractivity contribution in [2.45, 2.75) is 38.7 Å². The number of carbonyl (C=O) groups excluding carboxylic acids is 2. The molecule has 0 spiro atoms. The van der Waals surface area contributed by atoms with Crippen LogP contribution in [0.1, 0.15) is 36.7 Å². The van der Waals surface area contributed by atoms with Crippen molar-refractivity contribution in [3.05, 3.63) is 83.9 Å². The molecule has 0 unspecified atom stereocenters. The summed E-state index contributed by atoms with van der Waals surface area (Å²) in [6.45, 7) is 7.28. The molecule has 0 aliphatic carbocycles. The molecule has 0 aromatic heterocycles. The predicted octanol–water partition coefficient (Wildman–Crippen LogP) is 4.88. The van der Waals surface area contributed by atoms with E-state index in [0.717, 1.165) is 11.1 Å². The van der Waals surface area contributed by atoms with Crippen molar-refractivity contribution in [1.29, 1.82) is 0 Å². The summed E-state index contributed by atoms with van der Waals surface area (Å²) in [5, 5.41) is 2.82. The van der Waals surface area contributed by atoms with Gasteiger partial charge in [0.1, 0.15) is 0 Å². The largest absolute Gasteiger partial charge is 0.449 e. The summed E-state index contributed by atoms with van der Waals surface area (Å²) < 4.78 is 32.7. The molecule has 0 aliphatic rings. The number of anilines is 1. The fourth-order valence-electron chi connectivity index (χ4n) is 3.69. The Hall–Kier alpha value is -3.49. The van der Waals surface area contributed by atoms with E-state index in [2.05, 4.69) is 5.32 Å². The summed E-state index contributed by atoms with van der Waals surface area (Å²) in [7, 11) is -3.76. The van der Waals surface area contributed by atoms with Crippen molar-refractivity contribution in [1.82, 2.24) is 4.31 Å². The molecule has 1 amide bonds. The number of nitrogens with zero attached hydrogens (tertiary/aromatic N) is 1. The van der Waals surface area contributed by atoms with Crippen LogP contribution in [0.25, 0.3) is 11.1 Å². The van der Waals surface area contributed by atoms with Crippen LogP contribution in [-0.4, -0.2) is 43.8 Å². The van der Waals surface area contributed by atoms with Gasteiger partial charge in [-0.3, -0.25) is 4.79 Å². The Bertz CT molecular complexity index is 1300. The molecule has 1 N–H and O–H groups in total. The van der Waals surface area contributed by atoms with Crippen LogP contribution in [0.3, 0.4) is 0 Å². The number of benzene rings is 3. The Morgan fingerprint density at radius 2 is 1.57 bits per heavy atom. The van der Waals surface area contributed by atoms with Gasteiger partial charge >= 0.3 is 5.97 Å². The molecule has 0 radical (unpaired) electrons. The second-order valence-corrected chi connectivity index (χ2v) is 9.92. The summed E-state index contributed by atoms with van der Waals surface area (Å²) in [6, 6.07) is 21.3. The first-order valence-electron chi connectivity index (χ1n) is 11.5. The maximum absolute atomic E-state index is 13.0. The van der Waals surface area contributed by atoms with Crippen LogP contribution in [0, 0.1) is 6.92 Å². The van der Waals surface area contributed by atoms with Gasteiger partial charge in [-0.15, -0.1) is 0 Å². The number of hydrogen-bond donors (Lipinski definition) is 1. The van der Waals surface area contributed by atoms with Crippen LogP contribution < -0.4 is 5.32 Å². The van der Waals surface area contributed by atoms with Gasteiger partial charge in [0, 0.05) is 24.3 Å². The number of sulfonamides is 1. The summed E-state index contributed by atoms with van der Waals surface area (Å²) in [6.07, 6.45) is -1.10. The Balaban J connectivity index is 1.77. The lowest BCUT2D eigenvalue weighted by Crippen LogP contribution is -2.32. The van der Waals surface area contributed by atoms with E-state index in [-0.39, 0.29) is 10.5 Å². The molecule has 184 valence electrons. The highest BCUT2D eigenvalue weighted by atomic mass is 32.2. The van der Waals surface area contributed by atoms with Gasteiger partial charge < -0.3 is 10.1 Å². The lowest BCUT2D eigenvalue weighted by molar-refractivity contribution is -0.123. The number of para-hydroxylation sites is 1. The Kier molecular flexibility index (Phi) is 8.43. The molecule has 3 rings (SSSR count).